The van der Waals surface area contributed by atoms with Crippen LogP contribution in [0.4, 0.5) is 18.9 Å². The van der Waals surface area contributed by atoms with Crippen molar-refractivity contribution in [2.45, 2.75) is 39.4 Å². The lowest BCUT2D eigenvalue weighted by Crippen LogP contribution is -2.52. The molecule has 7 nitrogen and oxygen atoms in total. The number of nitrogens with zero attached hydrogens (tertiary/aromatic N) is 3. The summed E-state index contributed by atoms with van der Waals surface area (Å²) in [6.45, 7) is 10.1. The smallest absolute Gasteiger partial charge is 0.388 e. The van der Waals surface area contributed by atoms with Gasteiger partial charge in [-0.2, -0.15) is 13.2 Å². The van der Waals surface area contributed by atoms with Gasteiger partial charge in [-0.1, -0.05) is 50.2 Å². The Balaban J connectivity index is 1.85. The second-order valence-corrected chi connectivity index (χ2v) is 11.8. The van der Waals surface area contributed by atoms with Crippen molar-refractivity contribution < 1.29 is 18.0 Å². The maximum Gasteiger partial charge on any atom is 0.417 e. The largest absolute Gasteiger partial charge is 0.417 e. The Morgan fingerprint density at radius 1 is 1.07 bits per heavy atom. The zero-order valence-corrected chi connectivity index (χ0v) is 25.5. The second-order valence-electron chi connectivity index (χ2n) is 11.4. The molecule has 5 rings (SSSR count). The number of rotatable bonds is 7. The summed E-state index contributed by atoms with van der Waals surface area (Å²) in [5, 5.41) is 2.85. The van der Waals surface area contributed by atoms with Gasteiger partial charge in [-0.05, 0) is 65.9 Å². The number of nitrogens with one attached hydrogen (secondary N) is 1. The van der Waals surface area contributed by atoms with Crippen LogP contribution in [0.3, 0.4) is 0 Å². The SMILES string of the molecule is C=CC(=O)N1CC(Cn2c(=O)c(=O)n(-c3c(C)cccc3C(C)C)c3cc(-c4cc(NC)ccc4C(F)(F)F)c(Cl)cc32)C1. The van der Waals surface area contributed by atoms with Gasteiger partial charge in [0.15, 0.2) is 0 Å². The van der Waals surface area contributed by atoms with Crippen molar-refractivity contribution in [2.24, 2.45) is 5.92 Å². The summed E-state index contributed by atoms with van der Waals surface area (Å²) in [5.41, 5.74) is 0.387. The van der Waals surface area contributed by atoms with Gasteiger partial charge in [-0.15, -0.1) is 0 Å². The molecular formula is C33H32ClF3N4O3. The fourth-order valence-electron chi connectivity index (χ4n) is 5.86. The topological polar surface area (TPSA) is 76.3 Å². The maximum absolute atomic E-state index is 14.2. The predicted octanol–water partition coefficient (Wildman–Crippen LogP) is 6.61. The fourth-order valence-corrected chi connectivity index (χ4v) is 6.12. The van der Waals surface area contributed by atoms with Gasteiger partial charge in [0.25, 0.3) is 0 Å². The van der Waals surface area contributed by atoms with Crippen LogP contribution in [0.25, 0.3) is 27.8 Å². The van der Waals surface area contributed by atoms with Gasteiger partial charge in [0.1, 0.15) is 0 Å². The van der Waals surface area contributed by atoms with Crippen molar-refractivity contribution in [3.63, 3.8) is 0 Å². The molecule has 0 radical (unpaired) electrons. The van der Waals surface area contributed by atoms with Gasteiger partial charge in [-0.25, -0.2) is 0 Å². The number of anilines is 1. The van der Waals surface area contributed by atoms with E-state index in [9.17, 15) is 27.6 Å². The second kappa shape index (κ2) is 11.6. The van der Waals surface area contributed by atoms with Crippen molar-refractivity contribution >= 4 is 34.2 Å². The molecule has 2 heterocycles. The minimum atomic E-state index is -4.68. The number of carbonyl (C=O) groups is 1. The lowest BCUT2D eigenvalue weighted by Gasteiger charge is -2.39. The van der Waals surface area contributed by atoms with Crippen LogP contribution in [0.15, 0.2) is 70.8 Å². The molecule has 1 aliphatic heterocycles. The lowest BCUT2D eigenvalue weighted by atomic mass is 9.96. The molecule has 44 heavy (non-hydrogen) atoms. The highest BCUT2D eigenvalue weighted by molar-refractivity contribution is 6.34. The normalized spacial score (nSPS) is 13.8. The van der Waals surface area contributed by atoms with E-state index in [1.807, 2.05) is 39.0 Å². The Hall–Kier alpha value is -4.31. The molecule has 0 unspecified atom stereocenters. The van der Waals surface area contributed by atoms with Gasteiger partial charge < -0.3 is 14.8 Å². The molecule has 0 spiro atoms. The Morgan fingerprint density at radius 2 is 1.77 bits per heavy atom. The number of carbonyl (C=O) groups excluding carboxylic acids is 1. The Bertz CT molecular complexity index is 1920. The van der Waals surface area contributed by atoms with E-state index in [4.69, 9.17) is 11.6 Å². The highest BCUT2D eigenvalue weighted by atomic mass is 35.5. The van der Waals surface area contributed by atoms with Crippen molar-refractivity contribution in [3.05, 3.63) is 104 Å². The molecule has 1 N–H and O–H groups in total. The summed E-state index contributed by atoms with van der Waals surface area (Å²) in [4.78, 5) is 41.4. The van der Waals surface area contributed by atoms with E-state index in [1.165, 1.54) is 39.5 Å². The molecule has 1 aromatic heterocycles. The van der Waals surface area contributed by atoms with Crippen LogP contribution >= 0.6 is 11.6 Å². The van der Waals surface area contributed by atoms with Crippen molar-refractivity contribution in [3.8, 4) is 16.8 Å². The first-order valence-corrected chi connectivity index (χ1v) is 14.5. The number of alkyl halides is 3. The number of halogens is 4. The van der Waals surface area contributed by atoms with Gasteiger partial charge >= 0.3 is 17.3 Å². The highest BCUT2D eigenvalue weighted by Gasteiger charge is 2.35. The number of likely N-dealkylation sites (tertiary alicyclic amines) is 1. The third kappa shape index (κ3) is 5.43. The number of fused-ring (bicyclic) bond motifs is 1. The summed E-state index contributed by atoms with van der Waals surface area (Å²) in [6.07, 6.45) is -3.47. The summed E-state index contributed by atoms with van der Waals surface area (Å²) in [6, 6.07) is 12.1. The standard InChI is InChI=1S/C33H32ClF3N4O3/c1-6-29(42)39-15-20(16-39)17-40-27-14-26(34)24(23-12-21(38-5)10-11-25(23)33(35,36)37)13-28(27)41(32(44)31(40)43)30-19(4)8-7-9-22(30)18(2)3/h6-14,18,20,38H,1,15-17H2,2-5H3. The van der Waals surface area contributed by atoms with Crippen molar-refractivity contribution in [2.75, 3.05) is 25.5 Å². The molecule has 1 fully saturated rings. The summed E-state index contributed by atoms with van der Waals surface area (Å²) >= 11 is 6.74. The molecule has 1 aliphatic rings. The van der Waals surface area contributed by atoms with Gasteiger partial charge in [0.2, 0.25) is 5.91 Å². The highest BCUT2D eigenvalue weighted by Crippen LogP contribution is 2.42. The molecule has 0 atom stereocenters. The maximum atomic E-state index is 14.2. The molecule has 1 saturated heterocycles. The zero-order chi connectivity index (χ0) is 32.1. The minimum absolute atomic E-state index is 0.0134. The third-order valence-electron chi connectivity index (χ3n) is 8.13. The fraction of sp³-hybridized carbons (Fsp3) is 0.303. The van der Waals surface area contributed by atoms with Crippen LogP contribution in [0.5, 0.6) is 0 Å². The monoisotopic (exact) mass is 624 g/mol. The van der Waals surface area contributed by atoms with Gasteiger partial charge in [-0.3, -0.25) is 19.0 Å². The van der Waals surface area contributed by atoms with E-state index in [0.29, 0.717) is 30.0 Å². The zero-order valence-electron chi connectivity index (χ0n) is 24.8. The van der Waals surface area contributed by atoms with E-state index in [0.717, 1.165) is 17.2 Å². The average molecular weight is 625 g/mol. The first kappa shape index (κ1) is 31.1. The number of hydrogen-bond acceptors (Lipinski definition) is 4. The number of amides is 1. The molecule has 0 bridgehead atoms. The first-order chi connectivity index (χ1) is 20.8. The Kier molecular flexibility index (Phi) is 8.24. The minimum Gasteiger partial charge on any atom is -0.388 e. The van der Waals surface area contributed by atoms with E-state index >= 15 is 0 Å². The summed E-state index contributed by atoms with van der Waals surface area (Å²) in [7, 11) is 1.60. The molecular weight excluding hydrogens is 593 g/mol. The number of aryl methyl sites for hydroxylation is 1. The van der Waals surface area contributed by atoms with Crippen LogP contribution in [0.2, 0.25) is 5.02 Å². The number of hydrogen-bond donors (Lipinski definition) is 1. The van der Waals surface area contributed by atoms with Crippen LogP contribution in [0, 0.1) is 12.8 Å². The van der Waals surface area contributed by atoms with E-state index in [1.54, 1.807) is 11.9 Å². The Labute approximate surface area is 257 Å². The third-order valence-corrected chi connectivity index (χ3v) is 8.44. The van der Waals surface area contributed by atoms with Crippen LogP contribution in [-0.4, -0.2) is 40.1 Å². The lowest BCUT2D eigenvalue weighted by molar-refractivity contribution is -0.137. The molecule has 3 aromatic carbocycles. The molecule has 4 aromatic rings. The predicted molar refractivity (Wildman–Crippen MR) is 168 cm³/mol. The van der Waals surface area contributed by atoms with E-state index in [-0.39, 0.29) is 46.0 Å². The number of para-hydroxylation sites is 1. The molecule has 1 amide bonds. The van der Waals surface area contributed by atoms with Gasteiger partial charge in [0.05, 0.1) is 27.3 Å². The van der Waals surface area contributed by atoms with Crippen LogP contribution in [0.1, 0.15) is 36.5 Å². The quantitative estimate of drug-likeness (QED) is 0.185. The average Bonchev–Trinajstić information content (AvgIpc) is 2.95. The molecule has 0 aliphatic carbocycles. The van der Waals surface area contributed by atoms with E-state index in [2.05, 4.69) is 11.9 Å². The van der Waals surface area contributed by atoms with Gasteiger partial charge in [0, 0.05) is 43.9 Å². The first-order valence-electron chi connectivity index (χ1n) is 14.2. The molecule has 0 saturated carbocycles. The van der Waals surface area contributed by atoms with Crippen LogP contribution < -0.4 is 16.4 Å². The van der Waals surface area contributed by atoms with Crippen molar-refractivity contribution in [1.29, 1.82) is 0 Å². The Morgan fingerprint density at radius 3 is 2.39 bits per heavy atom. The number of benzene rings is 3. The summed E-state index contributed by atoms with van der Waals surface area (Å²) in [5.74, 6) is -0.387. The van der Waals surface area contributed by atoms with Crippen LogP contribution in [-0.2, 0) is 17.5 Å². The number of aromatic nitrogens is 2. The molecule has 11 heteroatoms. The summed E-state index contributed by atoms with van der Waals surface area (Å²) < 4.78 is 45.4. The van der Waals surface area contributed by atoms with Crippen molar-refractivity contribution in [1.82, 2.24) is 14.0 Å². The molecule has 230 valence electrons. The van der Waals surface area contributed by atoms with E-state index < -0.39 is 22.9 Å².